The molecule has 0 spiro atoms. The fourth-order valence-corrected chi connectivity index (χ4v) is 3.97. The average Bonchev–Trinajstić information content (AvgIpc) is 3.24. The summed E-state index contributed by atoms with van der Waals surface area (Å²) >= 11 is 1.10. The summed E-state index contributed by atoms with van der Waals surface area (Å²) in [6, 6.07) is 11.9. The summed E-state index contributed by atoms with van der Waals surface area (Å²) in [4.78, 5) is 28.8. The van der Waals surface area contributed by atoms with Gasteiger partial charge in [0.2, 0.25) is 5.91 Å². The second-order valence-corrected chi connectivity index (χ2v) is 7.07. The van der Waals surface area contributed by atoms with E-state index in [9.17, 15) is 9.59 Å². The van der Waals surface area contributed by atoms with E-state index in [1.165, 1.54) is 7.11 Å². The molecule has 0 fully saturated rings. The van der Waals surface area contributed by atoms with E-state index in [4.69, 9.17) is 9.15 Å². The number of methoxy groups -OCH3 is 1. The highest BCUT2D eigenvalue weighted by atomic mass is 32.1. The van der Waals surface area contributed by atoms with Crippen LogP contribution in [0.5, 0.6) is 0 Å². The molecular formula is C20H16N2O4S. The minimum absolute atomic E-state index is 0.146. The lowest BCUT2D eigenvalue weighted by atomic mass is 10.0. The van der Waals surface area contributed by atoms with Crippen molar-refractivity contribution in [2.75, 3.05) is 12.4 Å². The van der Waals surface area contributed by atoms with Gasteiger partial charge in [-0.25, -0.2) is 9.78 Å². The smallest absolute Gasteiger partial charge is 0.350 e. The molecular weight excluding hydrogens is 364 g/mol. The van der Waals surface area contributed by atoms with Crippen LogP contribution in [0.4, 0.5) is 5.13 Å². The Bertz CT molecular complexity index is 1180. The van der Waals surface area contributed by atoms with E-state index < -0.39 is 5.97 Å². The Balaban J connectivity index is 1.60. The number of carbonyl (C=O) groups is 2. The SMILES string of the molecule is COC(=O)c1sc(NC(=O)Cc2coc3ccc4ccccc4c23)nc1C. The van der Waals surface area contributed by atoms with Gasteiger partial charge in [0.05, 0.1) is 25.5 Å². The van der Waals surface area contributed by atoms with Crippen LogP contribution in [0.25, 0.3) is 21.7 Å². The highest BCUT2D eigenvalue weighted by Gasteiger charge is 2.18. The second kappa shape index (κ2) is 6.85. The number of anilines is 1. The van der Waals surface area contributed by atoms with Crippen molar-refractivity contribution in [3.05, 3.63) is 58.8 Å². The predicted octanol–water partition coefficient (Wildman–Crippen LogP) is 4.32. The quantitative estimate of drug-likeness (QED) is 0.533. The number of fused-ring (bicyclic) bond motifs is 3. The number of carbonyl (C=O) groups excluding carboxylic acids is 2. The molecule has 2 aromatic heterocycles. The molecule has 27 heavy (non-hydrogen) atoms. The maximum absolute atomic E-state index is 12.5. The Hall–Kier alpha value is -3.19. The molecule has 1 N–H and O–H groups in total. The van der Waals surface area contributed by atoms with Crippen molar-refractivity contribution >= 4 is 50.1 Å². The third-order valence-electron chi connectivity index (χ3n) is 4.30. The van der Waals surface area contributed by atoms with Crippen LogP contribution in [0.3, 0.4) is 0 Å². The molecule has 4 rings (SSSR count). The first-order valence-corrected chi connectivity index (χ1v) is 9.12. The summed E-state index contributed by atoms with van der Waals surface area (Å²) < 4.78 is 10.3. The van der Waals surface area contributed by atoms with Crippen molar-refractivity contribution in [1.82, 2.24) is 4.98 Å². The molecule has 0 saturated carbocycles. The van der Waals surface area contributed by atoms with E-state index in [0.717, 1.165) is 38.6 Å². The molecule has 0 saturated heterocycles. The zero-order valence-corrected chi connectivity index (χ0v) is 15.6. The average molecular weight is 380 g/mol. The van der Waals surface area contributed by atoms with E-state index in [1.807, 2.05) is 36.4 Å². The van der Waals surface area contributed by atoms with Crippen molar-refractivity contribution in [3.63, 3.8) is 0 Å². The van der Waals surface area contributed by atoms with Gasteiger partial charge in [-0.05, 0) is 23.8 Å². The lowest BCUT2D eigenvalue weighted by Gasteiger charge is -2.03. The van der Waals surface area contributed by atoms with Gasteiger partial charge in [0.1, 0.15) is 10.5 Å². The topological polar surface area (TPSA) is 81.4 Å². The van der Waals surface area contributed by atoms with Gasteiger partial charge in [-0.3, -0.25) is 4.79 Å². The third kappa shape index (κ3) is 3.17. The number of aromatic nitrogens is 1. The van der Waals surface area contributed by atoms with Gasteiger partial charge in [0.15, 0.2) is 5.13 Å². The standard InChI is InChI=1S/C20H16N2O4S/c1-11-18(19(24)25-2)27-20(21-11)22-16(23)9-13-10-26-15-8-7-12-5-3-4-6-14(12)17(13)15/h3-8,10H,9H2,1-2H3,(H,21,22,23). The molecule has 0 aliphatic carbocycles. The first-order chi connectivity index (χ1) is 13.1. The minimum atomic E-state index is -0.460. The number of aryl methyl sites for hydroxylation is 1. The number of furan rings is 1. The number of hydrogen-bond donors (Lipinski definition) is 1. The largest absolute Gasteiger partial charge is 0.465 e. The molecule has 1 amide bonds. The Morgan fingerprint density at radius 2 is 2.04 bits per heavy atom. The molecule has 7 heteroatoms. The minimum Gasteiger partial charge on any atom is -0.465 e. The van der Waals surface area contributed by atoms with E-state index in [0.29, 0.717) is 15.7 Å². The van der Waals surface area contributed by atoms with Crippen molar-refractivity contribution in [2.24, 2.45) is 0 Å². The summed E-state index contributed by atoms with van der Waals surface area (Å²) in [5.41, 5.74) is 2.08. The van der Waals surface area contributed by atoms with Gasteiger partial charge in [-0.1, -0.05) is 41.7 Å². The fourth-order valence-electron chi connectivity index (χ4n) is 3.07. The van der Waals surface area contributed by atoms with Gasteiger partial charge in [0, 0.05) is 10.9 Å². The molecule has 0 aliphatic rings. The molecule has 6 nitrogen and oxygen atoms in total. The van der Waals surface area contributed by atoms with E-state index in [2.05, 4.69) is 10.3 Å². The van der Waals surface area contributed by atoms with Crippen LogP contribution >= 0.6 is 11.3 Å². The maximum atomic E-state index is 12.5. The molecule has 0 atom stereocenters. The molecule has 136 valence electrons. The molecule has 2 aromatic carbocycles. The van der Waals surface area contributed by atoms with Gasteiger partial charge in [-0.2, -0.15) is 0 Å². The second-order valence-electron chi connectivity index (χ2n) is 6.07. The molecule has 0 radical (unpaired) electrons. The van der Waals surface area contributed by atoms with Gasteiger partial charge < -0.3 is 14.5 Å². The van der Waals surface area contributed by atoms with Crippen molar-refractivity contribution in [3.8, 4) is 0 Å². The van der Waals surface area contributed by atoms with Gasteiger partial charge in [0.25, 0.3) is 0 Å². The van der Waals surface area contributed by atoms with Crippen molar-refractivity contribution < 1.29 is 18.7 Å². The lowest BCUT2D eigenvalue weighted by Crippen LogP contribution is -2.14. The van der Waals surface area contributed by atoms with Gasteiger partial charge in [-0.15, -0.1) is 0 Å². The maximum Gasteiger partial charge on any atom is 0.350 e. The number of esters is 1. The first kappa shape index (κ1) is 17.2. The summed E-state index contributed by atoms with van der Waals surface area (Å²) in [5, 5.41) is 6.20. The van der Waals surface area contributed by atoms with Crippen LogP contribution < -0.4 is 5.32 Å². The fraction of sp³-hybridized carbons (Fsp3) is 0.150. The molecule has 0 bridgehead atoms. The third-order valence-corrected chi connectivity index (χ3v) is 5.36. The number of nitrogens with zero attached hydrogens (tertiary/aromatic N) is 1. The van der Waals surface area contributed by atoms with E-state index >= 15 is 0 Å². The zero-order chi connectivity index (χ0) is 19.0. The van der Waals surface area contributed by atoms with Crippen LogP contribution in [0, 0.1) is 6.92 Å². The number of amides is 1. The van der Waals surface area contributed by atoms with Crippen LogP contribution in [-0.4, -0.2) is 24.0 Å². The first-order valence-electron chi connectivity index (χ1n) is 8.30. The molecule has 4 aromatic rings. The number of nitrogens with one attached hydrogen (secondary N) is 1. The summed E-state index contributed by atoms with van der Waals surface area (Å²) in [5.74, 6) is -0.686. The molecule has 0 unspecified atom stereocenters. The molecule has 2 heterocycles. The number of thiazole rings is 1. The Labute approximate surface area is 158 Å². The Kier molecular flexibility index (Phi) is 4.37. The Morgan fingerprint density at radius 1 is 1.22 bits per heavy atom. The summed E-state index contributed by atoms with van der Waals surface area (Å²) in [7, 11) is 1.31. The zero-order valence-electron chi connectivity index (χ0n) is 14.7. The van der Waals surface area contributed by atoms with Crippen LogP contribution in [0.1, 0.15) is 20.9 Å². The monoisotopic (exact) mass is 380 g/mol. The van der Waals surface area contributed by atoms with Crippen molar-refractivity contribution in [1.29, 1.82) is 0 Å². The highest BCUT2D eigenvalue weighted by molar-refractivity contribution is 7.17. The van der Waals surface area contributed by atoms with E-state index in [1.54, 1.807) is 13.2 Å². The van der Waals surface area contributed by atoms with Gasteiger partial charge >= 0.3 is 5.97 Å². The summed E-state index contributed by atoms with van der Waals surface area (Å²) in [6.45, 7) is 1.70. The number of benzene rings is 2. The Morgan fingerprint density at radius 3 is 2.85 bits per heavy atom. The number of hydrogen-bond acceptors (Lipinski definition) is 6. The predicted molar refractivity (Wildman–Crippen MR) is 104 cm³/mol. The summed E-state index contributed by atoms with van der Waals surface area (Å²) in [6.07, 6.45) is 1.76. The van der Waals surface area contributed by atoms with Crippen LogP contribution in [-0.2, 0) is 16.0 Å². The van der Waals surface area contributed by atoms with E-state index in [-0.39, 0.29) is 12.3 Å². The normalized spacial score (nSPS) is 11.0. The van der Waals surface area contributed by atoms with Crippen LogP contribution in [0.15, 0.2) is 47.1 Å². The number of rotatable bonds is 4. The van der Waals surface area contributed by atoms with Crippen molar-refractivity contribution in [2.45, 2.75) is 13.3 Å². The lowest BCUT2D eigenvalue weighted by molar-refractivity contribution is -0.115. The number of ether oxygens (including phenoxy) is 1. The molecule has 0 aliphatic heterocycles. The van der Waals surface area contributed by atoms with Crippen LogP contribution in [0.2, 0.25) is 0 Å². The highest BCUT2D eigenvalue weighted by Crippen LogP contribution is 2.30.